The van der Waals surface area contributed by atoms with Crippen molar-refractivity contribution in [3.63, 3.8) is 0 Å². The first-order valence-electron chi connectivity index (χ1n) is 8.75. The van der Waals surface area contributed by atoms with E-state index < -0.39 is 17.7 Å². The van der Waals surface area contributed by atoms with Crippen molar-refractivity contribution in [3.05, 3.63) is 36.3 Å². The molecule has 3 heterocycles. The Morgan fingerprint density at radius 2 is 1.96 bits per heavy atom. The summed E-state index contributed by atoms with van der Waals surface area (Å²) >= 11 is 0. The molecule has 0 fully saturated rings. The van der Waals surface area contributed by atoms with E-state index in [0.29, 0.717) is 23.0 Å². The number of anilines is 1. The van der Waals surface area contributed by atoms with Gasteiger partial charge in [0.1, 0.15) is 11.5 Å². The van der Waals surface area contributed by atoms with Crippen molar-refractivity contribution in [1.29, 1.82) is 0 Å². The van der Waals surface area contributed by atoms with Gasteiger partial charge in [0.2, 0.25) is 0 Å². The van der Waals surface area contributed by atoms with Crippen LogP contribution in [0.4, 0.5) is 14.6 Å². The summed E-state index contributed by atoms with van der Waals surface area (Å²) in [5.74, 6) is -0.780. The number of aliphatic hydroxyl groups excluding tert-OH is 1. The van der Waals surface area contributed by atoms with E-state index in [9.17, 15) is 13.9 Å². The molecule has 3 rings (SSSR count). The van der Waals surface area contributed by atoms with Crippen LogP contribution in [0, 0.1) is 17.0 Å². The number of aromatic amines is 1. The maximum absolute atomic E-state index is 14.3. The van der Waals surface area contributed by atoms with Gasteiger partial charge in [-0.3, -0.25) is 0 Å². The average Bonchev–Trinajstić information content (AvgIpc) is 2.98. The van der Waals surface area contributed by atoms with E-state index in [2.05, 4.69) is 25.3 Å². The summed E-state index contributed by atoms with van der Waals surface area (Å²) in [6.45, 7) is 7.69. The molecule has 0 saturated heterocycles. The zero-order valence-electron chi connectivity index (χ0n) is 15.7. The Bertz CT molecular complexity index is 949. The molecule has 144 valence electrons. The molecule has 6 nitrogen and oxygen atoms in total. The van der Waals surface area contributed by atoms with Crippen LogP contribution in [0.25, 0.3) is 22.4 Å². The summed E-state index contributed by atoms with van der Waals surface area (Å²) in [6.07, 6.45) is 3.70. The maximum Gasteiger partial charge on any atom is 0.183 e. The van der Waals surface area contributed by atoms with Crippen LogP contribution >= 0.6 is 0 Å². The lowest BCUT2D eigenvalue weighted by atomic mass is 9.83. The normalized spacial score (nSPS) is 14.3. The molecular formula is C19H23F2N5O. The van der Waals surface area contributed by atoms with Gasteiger partial charge < -0.3 is 15.4 Å². The van der Waals surface area contributed by atoms with Crippen LogP contribution in [-0.4, -0.2) is 37.2 Å². The zero-order chi connectivity index (χ0) is 19.8. The van der Waals surface area contributed by atoms with E-state index in [-0.39, 0.29) is 23.1 Å². The maximum atomic E-state index is 14.3. The third-order valence-electron chi connectivity index (χ3n) is 4.42. The van der Waals surface area contributed by atoms with Crippen molar-refractivity contribution in [3.8, 4) is 11.4 Å². The lowest BCUT2D eigenvalue weighted by Gasteiger charge is -2.33. The number of aromatic nitrogens is 4. The van der Waals surface area contributed by atoms with E-state index in [0.717, 1.165) is 12.4 Å². The van der Waals surface area contributed by atoms with Gasteiger partial charge in [-0.25, -0.2) is 23.7 Å². The number of hydrogen-bond acceptors (Lipinski definition) is 5. The molecule has 0 saturated carbocycles. The fourth-order valence-electron chi connectivity index (χ4n) is 2.90. The fraction of sp³-hybridized carbons (Fsp3) is 0.421. The molecule has 3 aromatic heterocycles. The summed E-state index contributed by atoms with van der Waals surface area (Å²) in [7, 11) is 0. The predicted octanol–water partition coefficient (Wildman–Crippen LogP) is 3.90. The molecule has 3 N–H and O–H groups in total. The van der Waals surface area contributed by atoms with Crippen LogP contribution < -0.4 is 5.32 Å². The number of aliphatic hydroxyl groups is 1. The van der Waals surface area contributed by atoms with E-state index in [1.807, 2.05) is 20.8 Å². The van der Waals surface area contributed by atoms with Crippen molar-refractivity contribution >= 4 is 16.9 Å². The van der Waals surface area contributed by atoms with Gasteiger partial charge in [-0.1, -0.05) is 20.8 Å². The number of pyridine rings is 1. The van der Waals surface area contributed by atoms with Gasteiger partial charge >= 0.3 is 0 Å². The number of rotatable bonds is 5. The topological polar surface area (TPSA) is 86.7 Å². The largest absolute Gasteiger partial charge is 0.393 e. The first kappa shape index (κ1) is 19.2. The number of hydrogen-bond donors (Lipinski definition) is 3. The van der Waals surface area contributed by atoms with E-state index >= 15 is 0 Å². The number of nitrogens with zero attached hydrogens (tertiary/aromatic N) is 3. The van der Waals surface area contributed by atoms with Gasteiger partial charge in [-0.2, -0.15) is 0 Å². The van der Waals surface area contributed by atoms with Gasteiger partial charge in [0.15, 0.2) is 17.5 Å². The predicted molar refractivity (Wildman–Crippen MR) is 100 cm³/mol. The molecule has 0 aliphatic heterocycles. The average molecular weight is 375 g/mol. The standard InChI is InChI=1S/C19H23F2N5O/c1-10(27)5-15(19(2,3)4)25-18-14(21)9-24-17(26-18)13-8-23-16-12(13)6-11(20)7-22-16/h6-10,15,27H,5H2,1-4H3,(H,22,23)(H,24,25,26). The molecular weight excluding hydrogens is 352 g/mol. The van der Waals surface area contributed by atoms with Gasteiger partial charge in [0.25, 0.3) is 0 Å². The molecule has 0 bridgehead atoms. The molecule has 0 aromatic carbocycles. The Kier molecular flexibility index (Phi) is 5.10. The van der Waals surface area contributed by atoms with Crippen LogP contribution in [-0.2, 0) is 0 Å². The lowest BCUT2D eigenvalue weighted by Crippen LogP contribution is -2.37. The number of nitrogens with one attached hydrogen (secondary N) is 2. The second-order valence-electron chi connectivity index (χ2n) is 7.79. The summed E-state index contributed by atoms with van der Waals surface area (Å²) in [4.78, 5) is 15.3. The molecule has 3 aromatic rings. The van der Waals surface area contributed by atoms with Gasteiger partial charge in [0, 0.05) is 23.2 Å². The second kappa shape index (κ2) is 7.19. The Morgan fingerprint density at radius 3 is 2.63 bits per heavy atom. The smallest absolute Gasteiger partial charge is 0.183 e. The van der Waals surface area contributed by atoms with Crippen LogP contribution in [0.1, 0.15) is 34.1 Å². The quantitative estimate of drug-likeness (QED) is 0.630. The first-order valence-corrected chi connectivity index (χ1v) is 8.75. The molecule has 0 aliphatic carbocycles. The van der Waals surface area contributed by atoms with Crippen molar-refractivity contribution in [2.24, 2.45) is 5.41 Å². The summed E-state index contributed by atoms with van der Waals surface area (Å²) < 4.78 is 27.9. The zero-order valence-corrected chi connectivity index (χ0v) is 15.7. The first-order chi connectivity index (χ1) is 12.6. The number of H-pyrrole nitrogens is 1. The fourth-order valence-corrected chi connectivity index (χ4v) is 2.90. The molecule has 27 heavy (non-hydrogen) atoms. The highest BCUT2D eigenvalue weighted by atomic mass is 19.1. The second-order valence-corrected chi connectivity index (χ2v) is 7.79. The number of halogens is 2. The van der Waals surface area contributed by atoms with Gasteiger partial charge in [-0.15, -0.1) is 0 Å². The highest BCUT2D eigenvalue weighted by molar-refractivity contribution is 5.91. The molecule has 2 atom stereocenters. The minimum absolute atomic E-state index is 0.0410. The van der Waals surface area contributed by atoms with Crippen LogP contribution in [0.15, 0.2) is 24.7 Å². The summed E-state index contributed by atoms with van der Waals surface area (Å²) in [5.41, 5.74) is 0.793. The third-order valence-corrected chi connectivity index (χ3v) is 4.42. The molecule has 0 amide bonds. The van der Waals surface area contributed by atoms with Crippen molar-refractivity contribution in [2.45, 2.75) is 46.3 Å². The van der Waals surface area contributed by atoms with Crippen LogP contribution in [0.5, 0.6) is 0 Å². The Morgan fingerprint density at radius 1 is 1.22 bits per heavy atom. The van der Waals surface area contributed by atoms with Crippen LogP contribution in [0.2, 0.25) is 0 Å². The molecule has 0 spiro atoms. The van der Waals surface area contributed by atoms with Gasteiger partial charge in [-0.05, 0) is 24.8 Å². The SMILES string of the molecule is CC(O)CC(Nc1nc(-c2c[nH]c3ncc(F)cc23)ncc1F)C(C)(C)C. The van der Waals surface area contributed by atoms with Gasteiger partial charge in [0.05, 0.1) is 18.5 Å². The number of fused-ring (bicyclic) bond motifs is 1. The summed E-state index contributed by atoms with van der Waals surface area (Å²) in [6, 6.07) is 1.12. The van der Waals surface area contributed by atoms with E-state index in [1.165, 1.54) is 6.07 Å². The molecule has 0 aliphatic rings. The lowest BCUT2D eigenvalue weighted by molar-refractivity contribution is 0.153. The highest BCUT2D eigenvalue weighted by Gasteiger charge is 2.27. The molecule has 8 heteroatoms. The van der Waals surface area contributed by atoms with Crippen molar-refractivity contribution in [2.75, 3.05) is 5.32 Å². The minimum atomic E-state index is -0.595. The monoisotopic (exact) mass is 375 g/mol. The third kappa shape index (κ3) is 4.21. The highest BCUT2D eigenvalue weighted by Crippen LogP contribution is 2.30. The van der Waals surface area contributed by atoms with Crippen LogP contribution in [0.3, 0.4) is 0 Å². The molecule has 0 radical (unpaired) electrons. The van der Waals surface area contributed by atoms with E-state index in [1.54, 1.807) is 13.1 Å². The Hall–Kier alpha value is -2.61. The Balaban J connectivity index is 1.99. The molecule has 2 unspecified atom stereocenters. The minimum Gasteiger partial charge on any atom is -0.393 e. The Labute approximate surface area is 156 Å². The van der Waals surface area contributed by atoms with Crippen molar-refractivity contribution in [1.82, 2.24) is 19.9 Å². The summed E-state index contributed by atoms with van der Waals surface area (Å²) in [5, 5.41) is 13.4. The van der Waals surface area contributed by atoms with Crippen molar-refractivity contribution < 1.29 is 13.9 Å². The van der Waals surface area contributed by atoms with E-state index in [4.69, 9.17) is 0 Å².